The van der Waals surface area contributed by atoms with Crippen molar-refractivity contribution in [2.75, 3.05) is 13.7 Å². The van der Waals surface area contributed by atoms with Crippen molar-refractivity contribution in [3.05, 3.63) is 52.8 Å². The van der Waals surface area contributed by atoms with Crippen LogP contribution in [0.2, 0.25) is 0 Å². The van der Waals surface area contributed by atoms with Crippen LogP contribution in [0.1, 0.15) is 27.8 Å². The number of amides is 1. The molecule has 2 aromatic heterocycles. The van der Waals surface area contributed by atoms with E-state index >= 15 is 0 Å². The zero-order chi connectivity index (χ0) is 20.1. The van der Waals surface area contributed by atoms with E-state index in [4.69, 9.17) is 9.47 Å². The molecule has 3 rings (SSSR count). The maximum atomic E-state index is 12.4. The van der Waals surface area contributed by atoms with Crippen molar-refractivity contribution in [3.8, 4) is 0 Å². The number of thiazole rings is 1. The number of rotatable bonds is 5. The molecule has 0 saturated carbocycles. The van der Waals surface area contributed by atoms with Gasteiger partial charge in [-0.1, -0.05) is 11.3 Å². The molecule has 1 amide bonds. The third kappa shape index (κ3) is 4.12. The van der Waals surface area contributed by atoms with Crippen LogP contribution in [0.15, 0.2) is 41.8 Å². The summed E-state index contributed by atoms with van der Waals surface area (Å²) in [5, 5.41) is 0. The van der Waals surface area contributed by atoms with Gasteiger partial charge in [0.1, 0.15) is 12.2 Å². The molecule has 0 saturated heterocycles. The summed E-state index contributed by atoms with van der Waals surface area (Å²) in [6.45, 7) is 1.85. The van der Waals surface area contributed by atoms with Crippen LogP contribution in [0.4, 0.5) is 0 Å². The average Bonchev–Trinajstić information content (AvgIpc) is 3.04. The number of hydrogen-bond acceptors (Lipinski definition) is 8. The fraction of sp³-hybridized carbons (Fsp3) is 0.222. The van der Waals surface area contributed by atoms with Gasteiger partial charge in [0.25, 0.3) is 5.91 Å². The fourth-order valence-corrected chi connectivity index (χ4v) is 3.47. The van der Waals surface area contributed by atoms with Crippen molar-refractivity contribution in [2.45, 2.75) is 13.5 Å². The van der Waals surface area contributed by atoms with Crippen molar-refractivity contribution in [1.29, 1.82) is 0 Å². The van der Waals surface area contributed by atoms with Crippen molar-refractivity contribution in [1.82, 2.24) is 14.5 Å². The quantitative estimate of drug-likeness (QED) is 0.598. The standard InChI is InChI=1S/C18H16N4O5S/c1-3-27-17(25)11-4-5-13-14(8-11)28-18(22(13)10-15(23)26-2)21-16(24)12-9-19-6-7-20-12/h4-9H,3,10H2,1-2H3. The van der Waals surface area contributed by atoms with Crippen LogP contribution >= 0.6 is 11.3 Å². The summed E-state index contributed by atoms with van der Waals surface area (Å²) in [5.74, 6) is -1.54. The van der Waals surface area contributed by atoms with Crippen LogP contribution < -0.4 is 4.80 Å². The van der Waals surface area contributed by atoms with Gasteiger partial charge in [-0.25, -0.2) is 9.78 Å². The molecule has 0 fully saturated rings. The average molecular weight is 400 g/mol. The predicted molar refractivity (Wildman–Crippen MR) is 99.7 cm³/mol. The highest BCUT2D eigenvalue weighted by Gasteiger charge is 2.15. The van der Waals surface area contributed by atoms with Crippen LogP contribution in [-0.2, 0) is 20.8 Å². The molecule has 0 bridgehead atoms. The summed E-state index contributed by atoms with van der Waals surface area (Å²) < 4.78 is 12.0. The molecule has 3 aromatic rings. The van der Waals surface area contributed by atoms with E-state index in [1.54, 1.807) is 29.7 Å². The van der Waals surface area contributed by atoms with Gasteiger partial charge < -0.3 is 14.0 Å². The molecule has 0 atom stereocenters. The molecule has 2 heterocycles. The van der Waals surface area contributed by atoms with E-state index in [-0.39, 0.29) is 23.6 Å². The van der Waals surface area contributed by atoms with Crippen molar-refractivity contribution >= 4 is 39.4 Å². The van der Waals surface area contributed by atoms with Crippen LogP contribution in [0.5, 0.6) is 0 Å². The first-order chi connectivity index (χ1) is 13.5. The maximum absolute atomic E-state index is 12.4. The lowest BCUT2D eigenvalue weighted by Gasteiger charge is -2.05. The monoisotopic (exact) mass is 400 g/mol. The number of nitrogens with zero attached hydrogens (tertiary/aromatic N) is 4. The van der Waals surface area contributed by atoms with Gasteiger partial charge in [-0.3, -0.25) is 14.6 Å². The first-order valence-electron chi connectivity index (χ1n) is 8.26. The lowest BCUT2D eigenvalue weighted by molar-refractivity contribution is -0.141. The molecule has 0 radical (unpaired) electrons. The van der Waals surface area contributed by atoms with Crippen LogP contribution in [-0.4, -0.2) is 46.1 Å². The Bertz CT molecular complexity index is 1100. The predicted octanol–water partition coefficient (Wildman–Crippen LogP) is 1.58. The number of fused-ring (bicyclic) bond motifs is 1. The number of esters is 2. The summed E-state index contributed by atoms with van der Waals surface area (Å²) in [7, 11) is 1.28. The van der Waals surface area contributed by atoms with E-state index in [1.807, 2.05) is 0 Å². The van der Waals surface area contributed by atoms with Crippen LogP contribution in [0.25, 0.3) is 10.2 Å². The SMILES string of the molecule is CCOC(=O)c1ccc2c(c1)sc(=NC(=O)c1cnccn1)n2CC(=O)OC. The van der Waals surface area contributed by atoms with Gasteiger partial charge in [-0.2, -0.15) is 4.99 Å². The lowest BCUT2D eigenvalue weighted by atomic mass is 10.2. The first-order valence-corrected chi connectivity index (χ1v) is 9.07. The Hall–Kier alpha value is -3.40. The van der Waals surface area contributed by atoms with Gasteiger partial charge in [-0.15, -0.1) is 0 Å². The summed E-state index contributed by atoms with van der Waals surface area (Å²) >= 11 is 1.16. The van der Waals surface area contributed by atoms with E-state index in [0.29, 0.717) is 15.8 Å². The molecule has 0 aliphatic heterocycles. The summed E-state index contributed by atoms with van der Waals surface area (Å²) in [5.41, 5.74) is 1.08. The Morgan fingerprint density at radius 1 is 1.25 bits per heavy atom. The largest absolute Gasteiger partial charge is 0.468 e. The summed E-state index contributed by atoms with van der Waals surface area (Å²) in [6.07, 6.45) is 4.15. The van der Waals surface area contributed by atoms with Gasteiger partial charge in [0, 0.05) is 12.4 Å². The topological polar surface area (TPSA) is 113 Å². The van der Waals surface area contributed by atoms with Crippen molar-refractivity contribution in [2.24, 2.45) is 4.99 Å². The number of methoxy groups -OCH3 is 1. The van der Waals surface area contributed by atoms with Gasteiger partial charge in [0.2, 0.25) is 0 Å². The highest BCUT2D eigenvalue weighted by molar-refractivity contribution is 7.16. The number of ether oxygens (including phenoxy) is 2. The lowest BCUT2D eigenvalue weighted by Crippen LogP contribution is -2.22. The van der Waals surface area contributed by atoms with Gasteiger partial charge >= 0.3 is 11.9 Å². The third-order valence-corrected chi connectivity index (χ3v) is 4.73. The van der Waals surface area contributed by atoms with E-state index in [0.717, 1.165) is 11.3 Å². The maximum Gasteiger partial charge on any atom is 0.338 e. The third-order valence-electron chi connectivity index (χ3n) is 3.69. The second-order valence-corrected chi connectivity index (χ2v) is 6.47. The van der Waals surface area contributed by atoms with Crippen molar-refractivity contribution in [3.63, 3.8) is 0 Å². The number of carbonyl (C=O) groups excluding carboxylic acids is 3. The second-order valence-electron chi connectivity index (χ2n) is 5.46. The van der Waals surface area contributed by atoms with Crippen LogP contribution in [0.3, 0.4) is 0 Å². The zero-order valence-electron chi connectivity index (χ0n) is 15.1. The van der Waals surface area contributed by atoms with Crippen molar-refractivity contribution < 1.29 is 23.9 Å². The molecule has 0 aliphatic rings. The summed E-state index contributed by atoms with van der Waals surface area (Å²) in [4.78, 5) is 48.3. The van der Waals surface area contributed by atoms with Crippen LogP contribution in [0, 0.1) is 0 Å². The highest BCUT2D eigenvalue weighted by atomic mass is 32.1. The molecule has 9 nitrogen and oxygen atoms in total. The van der Waals surface area contributed by atoms with Gasteiger partial charge in [-0.05, 0) is 25.1 Å². The fourth-order valence-electron chi connectivity index (χ4n) is 2.40. The normalized spacial score (nSPS) is 11.4. The molecule has 0 spiro atoms. The molecule has 144 valence electrons. The number of benzene rings is 1. The second kappa shape index (κ2) is 8.53. The highest BCUT2D eigenvalue weighted by Crippen LogP contribution is 2.20. The number of hydrogen-bond donors (Lipinski definition) is 0. The number of aromatic nitrogens is 3. The first kappa shape index (κ1) is 19.4. The number of carbonyl (C=O) groups is 3. The Morgan fingerprint density at radius 3 is 2.75 bits per heavy atom. The Balaban J connectivity index is 2.12. The van der Waals surface area contributed by atoms with E-state index in [1.165, 1.54) is 25.7 Å². The minimum Gasteiger partial charge on any atom is -0.468 e. The Kier molecular flexibility index (Phi) is 5.90. The Morgan fingerprint density at radius 2 is 2.07 bits per heavy atom. The molecular formula is C18H16N4O5S. The Labute approximate surface area is 163 Å². The molecular weight excluding hydrogens is 384 g/mol. The van der Waals surface area contributed by atoms with Gasteiger partial charge in [0.15, 0.2) is 4.80 Å². The summed E-state index contributed by atoms with van der Waals surface area (Å²) in [6, 6.07) is 4.90. The minimum atomic E-state index is -0.594. The molecule has 0 aliphatic carbocycles. The molecule has 28 heavy (non-hydrogen) atoms. The van der Waals surface area contributed by atoms with E-state index in [2.05, 4.69) is 15.0 Å². The zero-order valence-corrected chi connectivity index (χ0v) is 15.9. The smallest absolute Gasteiger partial charge is 0.338 e. The molecule has 1 aromatic carbocycles. The molecule has 10 heteroatoms. The molecule has 0 unspecified atom stereocenters. The van der Waals surface area contributed by atoms with E-state index in [9.17, 15) is 14.4 Å². The molecule has 0 N–H and O–H groups in total. The van der Waals surface area contributed by atoms with E-state index < -0.39 is 17.8 Å². The van der Waals surface area contributed by atoms with Gasteiger partial charge in [0.05, 0.1) is 35.7 Å². The minimum absolute atomic E-state index is 0.0804.